The zero-order valence-electron chi connectivity index (χ0n) is 16.4. The molecule has 0 atom stereocenters. The Morgan fingerprint density at radius 2 is 1.83 bits per heavy atom. The molecular formula is C22H20FN3O3S. The highest BCUT2D eigenvalue weighted by molar-refractivity contribution is 7.89. The Hall–Kier alpha value is -3.39. The minimum Gasteiger partial charge on any atom is -0.355 e. The fraction of sp³-hybridized carbons (Fsp3) is 0.136. The summed E-state index contributed by atoms with van der Waals surface area (Å²) in [7, 11) is -3.22. The van der Waals surface area contributed by atoms with E-state index in [1.807, 2.05) is 13.0 Å². The first-order valence-corrected chi connectivity index (χ1v) is 11.3. The number of hydrogen-bond acceptors (Lipinski definition) is 4. The lowest BCUT2D eigenvalue weighted by atomic mass is 10.1. The summed E-state index contributed by atoms with van der Waals surface area (Å²) in [6.45, 7) is 1.85. The quantitative estimate of drug-likeness (QED) is 0.506. The van der Waals surface area contributed by atoms with Gasteiger partial charge in [0.25, 0.3) is 5.56 Å². The Balaban J connectivity index is 1.91. The zero-order chi connectivity index (χ0) is 21.5. The summed E-state index contributed by atoms with van der Waals surface area (Å²) in [5, 5.41) is 3.26. The Bertz CT molecular complexity index is 1400. The highest BCUT2D eigenvalue weighted by Crippen LogP contribution is 2.34. The normalized spacial score (nSPS) is 11.7. The van der Waals surface area contributed by atoms with Gasteiger partial charge in [0, 0.05) is 35.6 Å². The number of anilines is 2. The van der Waals surface area contributed by atoms with Crippen molar-refractivity contribution in [1.29, 1.82) is 0 Å². The molecular weight excluding hydrogens is 405 g/mol. The molecule has 0 saturated heterocycles. The molecule has 0 fully saturated rings. The number of benzene rings is 2. The van der Waals surface area contributed by atoms with E-state index in [9.17, 15) is 17.6 Å². The van der Waals surface area contributed by atoms with Crippen molar-refractivity contribution in [3.63, 3.8) is 0 Å². The molecule has 2 aromatic carbocycles. The van der Waals surface area contributed by atoms with Crippen LogP contribution in [-0.4, -0.2) is 24.1 Å². The fourth-order valence-corrected chi connectivity index (χ4v) is 4.34. The van der Waals surface area contributed by atoms with Gasteiger partial charge in [0.2, 0.25) is 0 Å². The number of halogens is 1. The number of hydrogen-bond donors (Lipinski definition) is 2. The molecule has 0 aliphatic heterocycles. The Kier molecular flexibility index (Phi) is 4.95. The van der Waals surface area contributed by atoms with Crippen molar-refractivity contribution in [3.8, 4) is 11.3 Å². The highest BCUT2D eigenvalue weighted by atomic mass is 32.2. The van der Waals surface area contributed by atoms with Crippen LogP contribution in [0.15, 0.2) is 65.7 Å². The van der Waals surface area contributed by atoms with Gasteiger partial charge in [-0.15, -0.1) is 0 Å². The number of nitrogens with zero attached hydrogens (tertiary/aromatic N) is 1. The van der Waals surface area contributed by atoms with Crippen molar-refractivity contribution in [2.75, 3.05) is 11.6 Å². The van der Waals surface area contributed by atoms with Gasteiger partial charge in [0.05, 0.1) is 11.4 Å². The zero-order valence-corrected chi connectivity index (χ0v) is 17.3. The van der Waals surface area contributed by atoms with Gasteiger partial charge in [0.15, 0.2) is 9.84 Å². The summed E-state index contributed by atoms with van der Waals surface area (Å²) >= 11 is 0. The lowest BCUT2D eigenvalue weighted by molar-refractivity contribution is 0.601. The molecule has 0 saturated carbocycles. The van der Waals surface area contributed by atoms with Gasteiger partial charge < -0.3 is 14.7 Å². The summed E-state index contributed by atoms with van der Waals surface area (Å²) in [6.07, 6.45) is 4.50. The summed E-state index contributed by atoms with van der Waals surface area (Å²) in [5.74, 6) is -0.434. The molecule has 0 aliphatic rings. The second-order valence-electron chi connectivity index (χ2n) is 7.30. The number of aromatic nitrogens is 2. The van der Waals surface area contributed by atoms with Crippen LogP contribution in [0.25, 0.3) is 16.8 Å². The molecule has 0 spiro atoms. The third-order valence-corrected chi connectivity index (χ3v) is 5.65. The molecule has 8 heteroatoms. The molecule has 0 radical (unpaired) electrons. The third-order valence-electron chi connectivity index (χ3n) is 4.79. The SMILES string of the molecule is Cc1cc(-c2cc(CS(C)(=O)=O)ccc2Nc2ccc(F)cc2)n2cc[nH]c(=O)c12. The van der Waals surface area contributed by atoms with Crippen molar-refractivity contribution in [2.45, 2.75) is 12.7 Å². The molecule has 2 aromatic heterocycles. The number of rotatable bonds is 5. The summed E-state index contributed by atoms with van der Waals surface area (Å²) in [5.41, 5.74) is 4.61. The number of sulfone groups is 1. The lowest BCUT2D eigenvalue weighted by Gasteiger charge is -2.14. The summed E-state index contributed by atoms with van der Waals surface area (Å²) < 4.78 is 38.7. The first kappa shape index (κ1) is 19.9. The number of nitrogens with one attached hydrogen (secondary N) is 2. The van der Waals surface area contributed by atoms with E-state index in [2.05, 4.69) is 10.3 Å². The standard InChI is InChI=1S/C22H20FN3O3S/c1-14-11-20(26-10-9-24-22(27)21(14)26)18-12-15(13-30(2,28)29)3-8-19(18)25-17-6-4-16(23)5-7-17/h3-12,25H,13H2,1-2H3,(H,24,27). The van der Waals surface area contributed by atoms with Crippen LogP contribution in [0.1, 0.15) is 11.1 Å². The molecule has 6 nitrogen and oxygen atoms in total. The van der Waals surface area contributed by atoms with Crippen LogP contribution in [0, 0.1) is 12.7 Å². The average molecular weight is 425 g/mol. The van der Waals surface area contributed by atoms with Crippen molar-refractivity contribution in [1.82, 2.24) is 9.38 Å². The maximum atomic E-state index is 13.3. The lowest BCUT2D eigenvalue weighted by Crippen LogP contribution is -2.09. The second kappa shape index (κ2) is 7.46. The molecule has 0 bridgehead atoms. The van der Waals surface area contributed by atoms with Crippen LogP contribution in [0.5, 0.6) is 0 Å². The fourth-order valence-electron chi connectivity index (χ4n) is 3.55. The average Bonchev–Trinajstić information content (AvgIpc) is 3.01. The Morgan fingerprint density at radius 3 is 2.53 bits per heavy atom. The van der Waals surface area contributed by atoms with Crippen LogP contribution in [0.2, 0.25) is 0 Å². The van der Waals surface area contributed by atoms with Crippen molar-refractivity contribution >= 4 is 26.7 Å². The first-order valence-electron chi connectivity index (χ1n) is 9.24. The van der Waals surface area contributed by atoms with E-state index in [0.717, 1.165) is 16.8 Å². The van der Waals surface area contributed by atoms with Gasteiger partial charge >= 0.3 is 0 Å². The predicted octanol–water partition coefficient (Wildman–Crippen LogP) is 4.03. The minimum absolute atomic E-state index is 0.0975. The van der Waals surface area contributed by atoms with E-state index in [0.29, 0.717) is 22.5 Å². The van der Waals surface area contributed by atoms with Gasteiger partial charge in [0.1, 0.15) is 11.3 Å². The van der Waals surface area contributed by atoms with Gasteiger partial charge in [-0.1, -0.05) is 6.07 Å². The number of aromatic amines is 1. The summed E-state index contributed by atoms with van der Waals surface area (Å²) in [4.78, 5) is 15.0. The molecule has 4 rings (SSSR count). The first-order chi connectivity index (χ1) is 14.2. The maximum absolute atomic E-state index is 13.3. The van der Waals surface area contributed by atoms with E-state index in [1.54, 1.807) is 47.1 Å². The Labute approximate surface area is 172 Å². The van der Waals surface area contributed by atoms with Crippen LogP contribution < -0.4 is 10.9 Å². The maximum Gasteiger partial charge on any atom is 0.272 e. The van der Waals surface area contributed by atoms with Crippen LogP contribution in [-0.2, 0) is 15.6 Å². The molecule has 2 heterocycles. The highest BCUT2D eigenvalue weighted by Gasteiger charge is 2.16. The van der Waals surface area contributed by atoms with E-state index >= 15 is 0 Å². The number of H-pyrrole nitrogens is 1. The number of aryl methyl sites for hydroxylation is 1. The predicted molar refractivity (Wildman–Crippen MR) is 116 cm³/mol. The van der Waals surface area contributed by atoms with Gasteiger partial charge in [-0.05, 0) is 60.5 Å². The van der Waals surface area contributed by atoms with E-state index in [1.165, 1.54) is 18.4 Å². The van der Waals surface area contributed by atoms with Gasteiger partial charge in [-0.25, -0.2) is 12.8 Å². The van der Waals surface area contributed by atoms with E-state index < -0.39 is 9.84 Å². The van der Waals surface area contributed by atoms with Crippen molar-refractivity contribution in [2.24, 2.45) is 0 Å². The van der Waals surface area contributed by atoms with Crippen molar-refractivity contribution < 1.29 is 12.8 Å². The molecule has 0 aliphatic carbocycles. The van der Waals surface area contributed by atoms with E-state index in [4.69, 9.17) is 0 Å². The van der Waals surface area contributed by atoms with Crippen molar-refractivity contribution in [3.05, 3.63) is 88.2 Å². The molecule has 2 N–H and O–H groups in total. The molecule has 154 valence electrons. The number of fused-ring (bicyclic) bond motifs is 1. The summed E-state index contributed by atoms with van der Waals surface area (Å²) in [6, 6.07) is 13.2. The topological polar surface area (TPSA) is 83.4 Å². The smallest absolute Gasteiger partial charge is 0.272 e. The van der Waals surface area contributed by atoms with E-state index in [-0.39, 0.29) is 17.1 Å². The minimum atomic E-state index is -3.22. The Morgan fingerprint density at radius 1 is 1.10 bits per heavy atom. The van der Waals surface area contributed by atoms with Gasteiger partial charge in [-0.2, -0.15) is 0 Å². The van der Waals surface area contributed by atoms with Crippen LogP contribution >= 0.6 is 0 Å². The van der Waals surface area contributed by atoms with Gasteiger partial charge in [-0.3, -0.25) is 4.79 Å². The second-order valence-corrected chi connectivity index (χ2v) is 9.44. The van der Waals surface area contributed by atoms with Crippen LogP contribution in [0.4, 0.5) is 15.8 Å². The molecule has 4 aromatic rings. The van der Waals surface area contributed by atoms with Crippen LogP contribution in [0.3, 0.4) is 0 Å². The molecule has 0 amide bonds. The molecule has 0 unspecified atom stereocenters. The monoisotopic (exact) mass is 425 g/mol. The molecule has 30 heavy (non-hydrogen) atoms. The largest absolute Gasteiger partial charge is 0.355 e. The third kappa shape index (κ3) is 3.99.